The summed E-state index contributed by atoms with van der Waals surface area (Å²) in [5.74, 6) is -0.0767. The molecule has 2 aromatic carbocycles. The molecule has 0 bridgehead atoms. The Balaban J connectivity index is 1.47. The minimum absolute atomic E-state index is 0.0796. The molecule has 1 saturated heterocycles. The first-order valence-electron chi connectivity index (χ1n) is 9.84. The van der Waals surface area contributed by atoms with Crippen molar-refractivity contribution in [2.45, 2.75) is 24.0 Å². The molecule has 0 N–H and O–H groups in total. The smallest absolute Gasteiger partial charge is 0.252 e. The van der Waals surface area contributed by atoms with Crippen molar-refractivity contribution in [3.63, 3.8) is 0 Å². The molecule has 5 nitrogen and oxygen atoms in total. The predicted octanol–water partition coefficient (Wildman–Crippen LogP) is 4.36. The van der Waals surface area contributed by atoms with Crippen LogP contribution >= 0.6 is 11.3 Å². The molecular weight excluding hydrogens is 404 g/mol. The van der Waals surface area contributed by atoms with Gasteiger partial charge in [-0.3, -0.25) is 4.79 Å². The number of hydrogen-bond donors (Lipinski definition) is 0. The summed E-state index contributed by atoms with van der Waals surface area (Å²) < 4.78 is 27.3. The number of nitrogens with zero attached hydrogens (tertiary/aromatic N) is 2. The lowest BCUT2D eigenvalue weighted by Crippen LogP contribution is -2.44. The number of anilines is 1. The van der Waals surface area contributed by atoms with Crippen molar-refractivity contribution < 1.29 is 13.2 Å². The van der Waals surface area contributed by atoms with Gasteiger partial charge in [0.05, 0.1) is 0 Å². The summed E-state index contributed by atoms with van der Waals surface area (Å²) in [6, 6.07) is 17.6. The average molecular weight is 429 g/mol. The zero-order chi connectivity index (χ0) is 20.4. The van der Waals surface area contributed by atoms with E-state index in [-0.39, 0.29) is 11.8 Å². The quantitative estimate of drug-likeness (QED) is 0.607. The molecule has 4 rings (SSSR count). The van der Waals surface area contributed by atoms with Gasteiger partial charge < -0.3 is 4.90 Å². The Bertz CT molecular complexity index is 1100. The first-order valence-corrected chi connectivity index (χ1v) is 12.2. The van der Waals surface area contributed by atoms with E-state index < -0.39 is 10.0 Å². The zero-order valence-electron chi connectivity index (χ0n) is 16.3. The van der Waals surface area contributed by atoms with E-state index in [4.69, 9.17) is 0 Å². The lowest BCUT2D eigenvalue weighted by molar-refractivity contribution is -0.123. The third kappa shape index (κ3) is 3.95. The van der Waals surface area contributed by atoms with Gasteiger partial charge in [0.15, 0.2) is 0 Å². The van der Waals surface area contributed by atoms with E-state index in [1.54, 1.807) is 17.5 Å². The normalized spacial score (nSPS) is 16.2. The number of sulfonamides is 1. The van der Waals surface area contributed by atoms with Crippen LogP contribution in [0.25, 0.3) is 10.8 Å². The average Bonchev–Trinajstić information content (AvgIpc) is 3.30. The molecule has 1 fully saturated rings. The zero-order valence-corrected chi connectivity index (χ0v) is 18.0. The molecule has 0 unspecified atom stereocenters. The van der Waals surface area contributed by atoms with Crippen LogP contribution in [0.1, 0.15) is 19.8 Å². The number of piperidine rings is 1. The van der Waals surface area contributed by atoms with Gasteiger partial charge in [0, 0.05) is 31.2 Å². The maximum absolute atomic E-state index is 13.2. The Kier molecular flexibility index (Phi) is 5.72. The highest BCUT2D eigenvalue weighted by molar-refractivity contribution is 7.91. The maximum atomic E-state index is 13.2. The van der Waals surface area contributed by atoms with Crippen molar-refractivity contribution in [1.29, 1.82) is 0 Å². The molecule has 1 aliphatic rings. The van der Waals surface area contributed by atoms with Gasteiger partial charge >= 0.3 is 0 Å². The van der Waals surface area contributed by atoms with Gasteiger partial charge in [-0.2, -0.15) is 4.31 Å². The fourth-order valence-corrected chi connectivity index (χ4v) is 6.53. The lowest BCUT2D eigenvalue weighted by Gasteiger charge is -2.33. The van der Waals surface area contributed by atoms with Gasteiger partial charge in [-0.15, -0.1) is 11.3 Å². The molecule has 0 spiro atoms. The van der Waals surface area contributed by atoms with Crippen molar-refractivity contribution >= 4 is 43.7 Å². The van der Waals surface area contributed by atoms with E-state index in [0.29, 0.717) is 36.7 Å². The summed E-state index contributed by atoms with van der Waals surface area (Å²) in [6.45, 7) is 3.33. The van der Waals surface area contributed by atoms with Gasteiger partial charge in [0.2, 0.25) is 5.91 Å². The highest BCUT2D eigenvalue weighted by atomic mass is 32.2. The number of carbonyl (C=O) groups is 1. The summed E-state index contributed by atoms with van der Waals surface area (Å²) in [7, 11) is -3.44. The van der Waals surface area contributed by atoms with E-state index in [1.165, 1.54) is 15.6 Å². The van der Waals surface area contributed by atoms with Crippen molar-refractivity contribution in [3.05, 3.63) is 60.0 Å². The number of rotatable bonds is 5. The van der Waals surface area contributed by atoms with Crippen LogP contribution in [-0.4, -0.2) is 38.3 Å². The standard InChI is InChI=1S/C22H24N2O3S2/c1-2-24(20-10-9-17-6-3-4-7-19(17)16-20)22(25)18-11-13-23(14-12-18)29(26,27)21-8-5-15-28-21/h3-10,15-16,18H,2,11-14H2,1H3. The second-order valence-electron chi connectivity index (χ2n) is 7.22. The molecule has 0 aliphatic carbocycles. The number of carbonyl (C=O) groups excluding carboxylic acids is 1. The van der Waals surface area contributed by atoms with Gasteiger partial charge in [-0.05, 0) is 54.1 Å². The van der Waals surface area contributed by atoms with Crippen molar-refractivity contribution in [2.24, 2.45) is 5.92 Å². The van der Waals surface area contributed by atoms with Crippen molar-refractivity contribution in [2.75, 3.05) is 24.5 Å². The third-order valence-corrected chi connectivity index (χ3v) is 8.79. The largest absolute Gasteiger partial charge is 0.312 e. The van der Waals surface area contributed by atoms with E-state index in [1.807, 2.05) is 48.2 Å². The predicted molar refractivity (Wildman–Crippen MR) is 118 cm³/mol. The van der Waals surface area contributed by atoms with E-state index in [0.717, 1.165) is 16.5 Å². The SMILES string of the molecule is CCN(C(=O)C1CCN(S(=O)(=O)c2cccs2)CC1)c1ccc2ccccc2c1. The van der Waals surface area contributed by atoms with Crippen LogP contribution in [-0.2, 0) is 14.8 Å². The molecule has 0 atom stereocenters. The number of fused-ring (bicyclic) bond motifs is 1. The maximum Gasteiger partial charge on any atom is 0.252 e. The molecule has 1 aliphatic heterocycles. The molecule has 7 heteroatoms. The lowest BCUT2D eigenvalue weighted by atomic mass is 9.96. The summed E-state index contributed by atoms with van der Waals surface area (Å²) in [6.07, 6.45) is 1.10. The molecule has 1 aromatic heterocycles. The van der Waals surface area contributed by atoms with Gasteiger partial charge in [0.1, 0.15) is 4.21 Å². The molecule has 2 heterocycles. The van der Waals surface area contributed by atoms with Gasteiger partial charge in [0.25, 0.3) is 10.0 Å². The van der Waals surface area contributed by atoms with Crippen molar-refractivity contribution in [3.8, 4) is 0 Å². The summed E-state index contributed by atoms with van der Waals surface area (Å²) in [5.41, 5.74) is 0.893. The van der Waals surface area contributed by atoms with Crippen LogP contribution in [0.15, 0.2) is 64.2 Å². The minimum Gasteiger partial charge on any atom is -0.312 e. The first-order chi connectivity index (χ1) is 14.0. The van der Waals surface area contributed by atoms with Crippen LogP contribution in [0, 0.1) is 5.92 Å². The van der Waals surface area contributed by atoms with Gasteiger partial charge in [-0.1, -0.05) is 36.4 Å². The number of thiophene rings is 1. The monoisotopic (exact) mass is 428 g/mol. The minimum atomic E-state index is -3.44. The Morgan fingerprint density at radius 3 is 2.45 bits per heavy atom. The topological polar surface area (TPSA) is 57.7 Å². The van der Waals surface area contributed by atoms with Crippen molar-refractivity contribution in [1.82, 2.24) is 4.31 Å². The number of amides is 1. The fourth-order valence-electron chi connectivity index (χ4n) is 3.91. The Morgan fingerprint density at radius 2 is 1.79 bits per heavy atom. The highest BCUT2D eigenvalue weighted by Crippen LogP contribution is 2.29. The van der Waals surface area contributed by atoms with E-state index >= 15 is 0 Å². The van der Waals surface area contributed by atoms with Crippen LogP contribution in [0.2, 0.25) is 0 Å². The Labute approximate surface area is 175 Å². The van der Waals surface area contributed by atoms with Crippen LogP contribution in [0.3, 0.4) is 0 Å². The number of hydrogen-bond acceptors (Lipinski definition) is 4. The summed E-state index contributed by atoms with van der Waals surface area (Å²) in [5, 5.41) is 4.02. The number of benzene rings is 2. The van der Waals surface area contributed by atoms with Gasteiger partial charge in [-0.25, -0.2) is 8.42 Å². The molecule has 3 aromatic rings. The molecule has 29 heavy (non-hydrogen) atoms. The Hall–Kier alpha value is -2.22. The summed E-state index contributed by atoms with van der Waals surface area (Å²) >= 11 is 1.23. The second kappa shape index (κ2) is 8.26. The summed E-state index contributed by atoms with van der Waals surface area (Å²) in [4.78, 5) is 15.0. The van der Waals surface area contributed by atoms with Crippen LogP contribution < -0.4 is 4.90 Å². The molecule has 1 amide bonds. The van der Waals surface area contributed by atoms with E-state index in [2.05, 4.69) is 6.07 Å². The first kappa shape index (κ1) is 20.1. The Morgan fingerprint density at radius 1 is 1.07 bits per heavy atom. The molecule has 152 valence electrons. The third-order valence-electron chi connectivity index (χ3n) is 5.52. The highest BCUT2D eigenvalue weighted by Gasteiger charge is 2.34. The van der Waals surface area contributed by atoms with Crippen LogP contribution in [0.4, 0.5) is 5.69 Å². The molecular formula is C22H24N2O3S2. The second-order valence-corrected chi connectivity index (χ2v) is 10.3. The molecule has 0 radical (unpaired) electrons. The fraction of sp³-hybridized carbons (Fsp3) is 0.318. The van der Waals surface area contributed by atoms with E-state index in [9.17, 15) is 13.2 Å². The molecule has 0 saturated carbocycles. The van der Waals surface area contributed by atoms with Crippen LogP contribution in [0.5, 0.6) is 0 Å².